The summed E-state index contributed by atoms with van der Waals surface area (Å²) in [6, 6.07) is 11.6. The SMILES string of the molecule is Cc1cc(C)c(-c2cnc(NC(=O)c3cccc(Cn4nccc4C(F)(F)F)c3)n2C)cc1C. The number of aryl methyl sites for hydroxylation is 3. The zero-order valence-corrected chi connectivity index (χ0v) is 19.2. The summed E-state index contributed by atoms with van der Waals surface area (Å²) in [6.07, 6.45) is -1.69. The van der Waals surface area contributed by atoms with Crippen LogP contribution in [0.3, 0.4) is 0 Å². The first-order chi connectivity index (χ1) is 16.0. The van der Waals surface area contributed by atoms with Crippen LogP contribution >= 0.6 is 0 Å². The first-order valence-electron chi connectivity index (χ1n) is 10.6. The third-order valence-electron chi connectivity index (χ3n) is 5.86. The maximum atomic E-state index is 13.1. The van der Waals surface area contributed by atoms with Gasteiger partial charge in [-0.3, -0.25) is 14.8 Å². The number of imidazole rings is 1. The second-order valence-corrected chi connectivity index (χ2v) is 8.30. The number of alkyl halides is 3. The summed E-state index contributed by atoms with van der Waals surface area (Å²) in [6.45, 7) is 6.03. The molecular weight excluding hydrogens is 443 g/mol. The first kappa shape index (κ1) is 23.3. The first-order valence-corrected chi connectivity index (χ1v) is 10.6. The van der Waals surface area contributed by atoms with E-state index in [9.17, 15) is 18.0 Å². The second-order valence-electron chi connectivity index (χ2n) is 8.30. The molecule has 2 aromatic carbocycles. The summed E-state index contributed by atoms with van der Waals surface area (Å²) >= 11 is 0. The molecule has 0 saturated carbocycles. The topological polar surface area (TPSA) is 64.7 Å². The highest BCUT2D eigenvalue weighted by Crippen LogP contribution is 2.30. The van der Waals surface area contributed by atoms with Gasteiger partial charge in [-0.25, -0.2) is 4.98 Å². The van der Waals surface area contributed by atoms with Crippen molar-refractivity contribution < 1.29 is 18.0 Å². The molecule has 2 heterocycles. The molecular formula is C25H24F3N5O. The lowest BCUT2D eigenvalue weighted by atomic mass is 9.99. The molecule has 0 spiro atoms. The molecule has 0 aliphatic carbocycles. The van der Waals surface area contributed by atoms with Gasteiger partial charge in [-0.2, -0.15) is 18.3 Å². The molecule has 34 heavy (non-hydrogen) atoms. The van der Waals surface area contributed by atoms with Crippen LogP contribution in [-0.4, -0.2) is 25.2 Å². The van der Waals surface area contributed by atoms with Crippen LogP contribution in [0.5, 0.6) is 0 Å². The molecule has 0 aliphatic rings. The average molecular weight is 467 g/mol. The molecule has 2 aromatic heterocycles. The Labute approximate surface area is 195 Å². The number of hydrogen-bond acceptors (Lipinski definition) is 3. The fourth-order valence-corrected chi connectivity index (χ4v) is 3.87. The van der Waals surface area contributed by atoms with Crippen LogP contribution in [0, 0.1) is 20.8 Å². The minimum Gasteiger partial charge on any atom is -0.313 e. The van der Waals surface area contributed by atoms with Gasteiger partial charge in [0.15, 0.2) is 0 Å². The van der Waals surface area contributed by atoms with Crippen LogP contribution in [0.15, 0.2) is 54.9 Å². The predicted octanol–water partition coefficient (Wildman–Crippen LogP) is 5.53. The van der Waals surface area contributed by atoms with Gasteiger partial charge in [0.05, 0.1) is 18.4 Å². The average Bonchev–Trinajstić information content (AvgIpc) is 3.38. The van der Waals surface area contributed by atoms with E-state index >= 15 is 0 Å². The molecule has 0 radical (unpaired) electrons. The molecule has 0 saturated heterocycles. The Bertz CT molecular complexity index is 1370. The Hall–Kier alpha value is -3.88. The van der Waals surface area contributed by atoms with E-state index in [1.807, 2.05) is 20.9 Å². The predicted molar refractivity (Wildman–Crippen MR) is 124 cm³/mol. The van der Waals surface area contributed by atoms with Gasteiger partial charge < -0.3 is 4.57 Å². The normalized spacial score (nSPS) is 11.6. The highest BCUT2D eigenvalue weighted by molar-refractivity contribution is 6.03. The number of anilines is 1. The van der Waals surface area contributed by atoms with E-state index in [2.05, 4.69) is 34.5 Å². The van der Waals surface area contributed by atoms with Gasteiger partial charge >= 0.3 is 6.18 Å². The summed E-state index contributed by atoms with van der Waals surface area (Å²) in [5, 5.41) is 6.56. The summed E-state index contributed by atoms with van der Waals surface area (Å²) in [4.78, 5) is 17.3. The molecule has 0 aliphatic heterocycles. The largest absolute Gasteiger partial charge is 0.433 e. The fourth-order valence-electron chi connectivity index (χ4n) is 3.87. The van der Waals surface area contributed by atoms with Crippen molar-refractivity contribution in [3.63, 3.8) is 0 Å². The molecule has 4 aromatic rings. The zero-order chi connectivity index (χ0) is 24.6. The van der Waals surface area contributed by atoms with E-state index in [0.717, 1.165) is 39.3 Å². The number of nitrogens with zero attached hydrogens (tertiary/aromatic N) is 4. The number of benzene rings is 2. The number of nitrogens with one attached hydrogen (secondary N) is 1. The van der Waals surface area contributed by atoms with E-state index in [4.69, 9.17) is 0 Å². The van der Waals surface area contributed by atoms with Gasteiger partial charge in [0.1, 0.15) is 5.69 Å². The summed E-state index contributed by atoms with van der Waals surface area (Å²) < 4.78 is 42.1. The van der Waals surface area contributed by atoms with Crippen molar-refractivity contribution in [2.24, 2.45) is 7.05 Å². The van der Waals surface area contributed by atoms with E-state index in [1.165, 1.54) is 5.56 Å². The molecule has 1 N–H and O–H groups in total. The fraction of sp³-hybridized carbons (Fsp3) is 0.240. The van der Waals surface area contributed by atoms with Crippen LogP contribution in [0.1, 0.15) is 38.3 Å². The van der Waals surface area contributed by atoms with Crippen molar-refractivity contribution in [1.29, 1.82) is 0 Å². The summed E-state index contributed by atoms with van der Waals surface area (Å²) in [5.41, 5.74) is 5.35. The van der Waals surface area contributed by atoms with Crippen molar-refractivity contribution in [2.45, 2.75) is 33.5 Å². The Balaban J connectivity index is 1.55. The molecule has 6 nitrogen and oxygen atoms in total. The lowest BCUT2D eigenvalue weighted by molar-refractivity contribution is -0.144. The summed E-state index contributed by atoms with van der Waals surface area (Å²) in [7, 11) is 1.82. The van der Waals surface area contributed by atoms with Gasteiger partial charge in [-0.1, -0.05) is 18.2 Å². The number of carbonyl (C=O) groups is 1. The lowest BCUT2D eigenvalue weighted by Gasteiger charge is -2.12. The van der Waals surface area contributed by atoms with Crippen molar-refractivity contribution in [2.75, 3.05) is 5.32 Å². The molecule has 0 atom stereocenters. The molecule has 0 bridgehead atoms. The molecule has 0 fully saturated rings. The number of aromatic nitrogens is 4. The maximum Gasteiger partial charge on any atom is 0.433 e. The van der Waals surface area contributed by atoms with E-state index in [-0.39, 0.29) is 6.54 Å². The molecule has 1 amide bonds. The standard InChI is InChI=1S/C25H24F3N5O/c1-15-10-17(3)20(11-16(15)2)21-13-29-24(32(21)4)31-23(34)19-7-5-6-18(12-19)14-33-22(8-9-30-33)25(26,27)28/h5-13H,14H2,1-4H3,(H,29,31,34). The van der Waals surface area contributed by atoms with Crippen LogP contribution < -0.4 is 5.32 Å². The Morgan fingerprint density at radius 1 is 1.03 bits per heavy atom. The highest BCUT2D eigenvalue weighted by Gasteiger charge is 2.34. The minimum absolute atomic E-state index is 0.110. The maximum absolute atomic E-state index is 13.1. The van der Waals surface area contributed by atoms with Crippen LogP contribution in [0.4, 0.5) is 19.1 Å². The third-order valence-corrected chi connectivity index (χ3v) is 5.86. The number of rotatable bonds is 5. The van der Waals surface area contributed by atoms with Gasteiger partial charge in [0, 0.05) is 24.4 Å². The highest BCUT2D eigenvalue weighted by atomic mass is 19.4. The quantitative estimate of drug-likeness (QED) is 0.420. The van der Waals surface area contributed by atoms with Gasteiger partial charge in [0.2, 0.25) is 5.95 Å². The summed E-state index contributed by atoms with van der Waals surface area (Å²) in [5.74, 6) is -0.0371. The zero-order valence-electron chi connectivity index (χ0n) is 19.2. The smallest absolute Gasteiger partial charge is 0.313 e. The monoisotopic (exact) mass is 467 g/mol. The van der Waals surface area contributed by atoms with Crippen molar-refractivity contribution in [3.8, 4) is 11.3 Å². The second kappa shape index (κ2) is 8.81. The van der Waals surface area contributed by atoms with E-state index < -0.39 is 17.8 Å². The van der Waals surface area contributed by atoms with Crippen molar-refractivity contribution in [1.82, 2.24) is 19.3 Å². The Morgan fingerprint density at radius 3 is 2.50 bits per heavy atom. The van der Waals surface area contributed by atoms with E-state index in [0.29, 0.717) is 17.1 Å². The van der Waals surface area contributed by atoms with Crippen LogP contribution in [0.2, 0.25) is 0 Å². The van der Waals surface area contributed by atoms with Crippen LogP contribution in [-0.2, 0) is 19.8 Å². The number of amides is 1. The molecule has 176 valence electrons. The van der Waals surface area contributed by atoms with Gasteiger partial charge in [-0.15, -0.1) is 0 Å². The van der Waals surface area contributed by atoms with E-state index in [1.54, 1.807) is 35.0 Å². The number of carbonyl (C=O) groups excluding carboxylic acids is 1. The van der Waals surface area contributed by atoms with Crippen molar-refractivity contribution >= 4 is 11.9 Å². The van der Waals surface area contributed by atoms with Gasteiger partial charge in [0.25, 0.3) is 5.91 Å². The van der Waals surface area contributed by atoms with Crippen molar-refractivity contribution in [3.05, 3.63) is 88.4 Å². The molecule has 9 heteroatoms. The Kier molecular flexibility index (Phi) is 6.03. The third kappa shape index (κ3) is 4.59. The lowest BCUT2D eigenvalue weighted by Crippen LogP contribution is -2.17. The molecule has 0 unspecified atom stereocenters. The van der Waals surface area contributed by atoms with Crippen LogP contribution in [0.25, 0.3) is 11.3 Å². The number of hydrogen-bond donors (Lipinski definition) is 1. The number of halogens is 3. The van der Waals surface area contributed by atoms with Gasteiger partial charge in [-0.05, 0) is 67.3 Å². The minimum atomic E-state index is -4.50. The molecule has 4 rings (SSSR count). The Morgan fingerprint density at radius 2 is 1.76 bits per heavy atom.